The van der Waals surface area contributed by atoms with E-state index in [1.165, 1.54) is 50.5 Å². The Hall–Kier alpha value is -3.16. The summed E-state index contributed by atoms with van der Waals surface area (Å²) < 4.78 is 0. The maximum Gasteiger partial charge on any atom is 0.335 e. The first-order valence-electron chi connectivity index (χ1n) is 14.1. The Bertz CT molecular complexity index is 1330. The number of carboxylic acids is 1. The minimum absolute atomic E-state index is 0.265. The minimum atomic E-state index is -0.935. The number of carbonyl (C=O) groups is 1. The number of hydrogen-bond donors (Lipinski definition) is 3. The van der Waals surface area contributed by atoms with Crippen molar-refractivity contribution in [2.24, 2.45) is 23.2 Å². The van der Waals surface area contributed by atoms with Gasteiger partial charge in [-0.15, -0.1) is 0 Å². The second-order valence-electron chi connectivity index (χ2n) is 12.3. The number of benzene rings is 2. The number of nitrogens with one attached hydrogen (secondary N) is 2. The Morgan fingerprint density at radius 3 is 2.53 bits per heavy atom. The number of anilines is 1. The van der Waals surface area contributed by atoms with Gasteiger partial charge in [-0.25, -0.2) is 14.8 Å². The molecular weight excluding hydrogens is 476 g/mol. The fraction of sp³-hybridized carbons (Fsp3) is 0.484. The Morgan fingerprint density at radius 2 is 1.82 bits per heavy atom. The molecule has 3 N–H and O–H groups in total. The van der Waals surface area contributed by atoms with E-state index in [1.807, 2.05) is 17.2 Å². The lowest BCUT2D eigenvalue weighted by Gasteiger charge is -2.57. The quantitative estimate of drug-likeness (QED) is 0.348. The van der Waals surface area contributed by atoms with E-state index in [0.717, 1.165) is 52.6 Å². The van der Waals surface area contributed by atoms with E-state index in [2.05, 4.69) is 35.4 Å². The highest BCUT2D eigenvalue weighted by molar-refractivity contribution is 5.87. The van der Waals surface area contributed by atoms with Gasteiger partial charge in [0, 0.05) is 5.56 Å². The van der Waals surface area contributed by atoms with Gasteiger partial charge in [-0.05, 0) is 105 Å². The highest BCUT2D eigenvalue weighted by atomic mass is 16.7. The van der Waals surface area contributed by atoms with Crippen molar-refractivity contribution in [3.63, 3.8) is 0 Å². The number of carboxylic acid groups (broad SMARTS) is 1. The number of aromatic carboxylic acids is 1. The van der Waals surface area contributed by atoms with Gasteiger partial charge >= 0.3 is 5.97 Å². The summed E-state index contributed by atoms with van der Waals surface area (Å²) in [6.07, 6.45) is 10.3. The SMILES string of the molecule is Cc1ccccc1-c1nc(N2OCNC2c2cccc(C(=O)O)c2)c(CCC23CC4CC(CC(C4)C2)C3)[nH]1. The second kappa shape index (κ2) is 9.24. The van der Waals surface area contributed by atoms with Crippen molar-refractivity contribution >= 4 is 11.8 Å². The van der Waals surface area contributed by atoms with Crippen LogP contribution in [0.1, 0.15) is 78.3 Å². The Labute approximate surface area is 223 Å². The Morgan fingerprint density at radius 1 is 1.08 bits per heavy atom. The first kappa shape index (κ1) is 23.9. The van der Waals surface area contributed by atoms with Crippen LogP contribution in [0.2, 0.25) is 0 Å². The second-order valence-corrected chi connectivity index (χ2v) is 12.3. The van der Waals surface area contributed by atoms with Crippen LogP contribution in [0.3, 0.4) is 0 Å². The highest BCUT2D eigenvalue weighted by Crippen LogP contribution is 2.61. The number of hydroxylamine groups is 1. The molecule has 4 saturated carbocycles. The van der Waals surface area contributed by atoms with Gasteiger partial charge in [0.25, 0.3) is 0 Å². The Balaban J connectivity index is 1.23. The molecule has 198 valence electrons. The van der Waals surface area contributed by atoms with Crippen molar-refractivity contribution < 1.29 is 14.7 Å². The molecule has 2 aromatic carbocycles. The topological polar surface area (TPSA) is 90.5 Å². The summed E-state index contributed by atoms with van der Waals surface area (Å²) >= 11 is 0. The van der Waals surface area contributed by atoms with Crippen LogP contribution in [0.5, 0.6) is 0 Å². The van der Waals surface area contributed by atoms with Crippen LogP contribution in [0.15, 0.2) is 48.5 Å². The van der Waals surface area contributed by atoms with E-state index in [9.17, 15) is 9.90 Å². The number of hydrogen-bond acceptors (Lipinski definition) is 5. The predicted molar refractivity (Wildman–Crippen MR) is 145 cm³/mol. The molecule has 0 radical (unpaired) electrons. The van der Waals surface area contributed by atoms with E-state index in [1.54, 1.807) is 18.2 Å². The zero-order valence-electron chi connectivity index (χ0n) is 22.0. The van der Waals surface area contributed by atoms with Crippen LogP contribution >= 0.6 is 0 Å². The van der Waals surface area contributed by atoms with Gasteiger partial charge in [0.1, 0.15) is 18.7 Å². The van der Waals surface area contributed by atoms with Crippen molar-refractivity contribution in [1.82, 2.24) is 15.3 Å². The monoisotopic (exact) mass is 512 g/mol. The van der Waals surface area contributed by atoms with Crippen LogP contribution in [-0.2, 0) is 11.3 Å². The third kappa shape index (κ3) is 4.22. The lowest BCUT2D eigenvalue weighted by atomic mass is 9.48. The summed E-state index contributed by atoms with van der Waals surface area (Å²) in [6.45, 7) is 2.45. The van der Waals surface area contributed by atoms with Crippen molar-refractivity contribution in [1.29, 1.82) is 0 Å². The molecule has 1 saturated heterocycles. The van der Waals surface area contributed by atoms with Crippen LogP contribution in [0.25, 0.3) is 11.4 Å². The first-order chi connectivity index (χ1) is 18.5. The van der Waals surface area contributed by atoms with Gasteiger partial charge in [-0.3, -0.25) is 10.2 Å². The van der Waals surface area contributed by atoms with Gasteiger partial charge in [-0.2, -0.15) is 0 Å². The minimum Gasteiger partial charge on any atom is -0.478 e. The average Bonchev–Trinajstić information content (AvgIpc) is 3.54. The average molecular weight is 513 g/mol. The molecule has 38 heavy (non-hydrogen) atoms. The van der Waals surface area contributed by atoms with Crippen molar-refractivity contribution in [3.05, 3.63) is 70.9 Å². The summed E-state index contributed by atoms with van der Waals surface area (Å²) in [4.78, 5) is 26.6. The van der Waals surface area contributed by atoms with Crippen LogP contribution in [0, 0.1) is 30.1 Å². The summed E-state index contributed by atoms with van der Waals surface area (Å²) in [6, 6.07) is 15.4. The number of aryl methyl sites for hydroxylation is 2. The van der Waals surface area contributed by atoms with Crippen LogP contribution in [0.4, 0.5) is 5.82 Å². The highest BCUT2D eigenvalue weighted by Gasteiger charge is 2.50. The largest absolute Gasteiger partial charge is 0.478 e. The molecule has 3 aromatic rings. The molecule has 5 fully saturated rings. The van der Waals surface area contributed by atoms with Gasteiger partial charge in [0.2, 0.25) is 0 Å². The lowest BCUT2D eigenvalue weighted by molar-refractivity contribution is -0.0570. The number of aromatic amines is 1. The van der Waals surface area contributed by atoms with E-state index in [-0.39, 0.29) is 11.7 Å². The molecule has 4 aliphatic carbocycles. The molecule has 1 aromatic heterocycles. The molecule has 7 heteroatoms. The molecule has 7 nitrogen and oxygen atoms in total. The fourth-order valence-corrected chi connectivity index (χ4v) is 8.33. The molecule has 0 spiro atoms. The molecule has 1 unspecified atom stereocenters. The maximum absolute atomic E-state index is 11.6. The number of aromatic nitrogens is 2. The predicted octanol–water partition coefficient (Wildman–Crippen LogP) is 6.23. The van der Waals surface area contributed by atoms with Crippen LogP contribution in [-0.4, -0.2) is 27.8 Å². The Kier molecular flexibility index (Phi) is 5.82. The van der Waals surface area contributed by atoms with E-state index < -0.39 is 5.97 Å². The summed E-state index contributed by atoms with van der Waals surface area (Å²) in [5, 5.41) is 14.8. The summed E-state index contributed by atoms with van der Waals surface area (Å²) in [5.74, 6) is 3.51. The molecule has 4 bridgehead atoms. The molecule has 8 rings (SSSR count). The van der Waals surface area contributed by atoms with Gasteiger partial charge in [0.05, 0.1) is 11.3 Å². The maximum atomic E-state index is 11.6. The smallest absolute Gasteiger partial charge is 0.335 e. The third-order valence-electron chi connectivity index (χ3n) is 9.60. The zero-order valence-corrected chi connectivity index (χ0v) is 22.0. The van der Waals surface area contributed by atoms with Gasteiger partial charge in [-0.1, -0.05) is 36.4 Å². The number of imidazole rings is 1. The number of nitrogens with zero attached hydrogens (tertiary/aromatic N) is 2. The van der Waals surface area contributed by atoms with Crippen LogP contribution < -0.4 is 10.4 Å². The number of rotatable bonds is 7. The van der Waals surface area contributed by atoms with Crippen molar-refractivity contribution in [3.8, 4) is 11.4 Å². The lowest BCUT2D eigenvalue weighted by Crippen LogP contribution is -2.46. The fourth-order valence-electron chi connectivity index (χ4n) is 8.33. The third-order valence-corrected chi connectivity index (χ3v) is 9.60. The molecule has 2 heterocycles. The van der Waals surface area contributed by atoms with E-state index >= 15 is 0 Å². The molecule has 1 aliphatic heterocycles. The zero-order chi connectivity index (χ0) is 25.9. The first-order valence-corrected chi connectivity index (χ1v) is 14.1. The number of H-pyrrole nitrogens is 1. The van der Waals surface area contributed by atoms with Gasteiger partial charge < -0.3 is 10.1 Å². The van der Waals surface area contributed by atoms with Crippen molar-refractivity contribution in [2.45, 2.75) is 64.5 Å². The van der Waals surface area contributed by atoms with E-state index in [0.29, 0.717) is 12.1 Å². The molecule has 5 aliphatic rings. The molecule has 0 amide bonds. The molecular formula is C31H36N4O3. The summed E-state index contributed by atoms with van der Waals surface area (Å²) in [5.41, 5.74) is 4.94. The standard InChI is InChI=1S/C31H36N4O3/c1-19-5-2-3-8-25(19)27-33-26(9-10-31-15-20-11-21(16-31)13-22(12-20)17-31)29(34-27)35-28(32-18-38-35)23-6-4-7-24(14-23)30(36)37/h2-8,14,20-22,28,32H,9-13,15-18H2,1H3,(H,33,34)(H,36,37). The van der Waals surface area contributed by atoms with E-state index in [4.69, 9.17) is 9.82 Å². The van der Waals surface area contributed by atoms with Gasteiger partial charge in [0.15, 0.2) is 5.82 Å². The van der Waals surface area contributed by atoms with Crippen molar-refractivity contribution in [2.75, 3.05) is 11.8 Å². The summed E-state index contributed by atoms with van der Waals surface area (Å²) in [7, 11) is 0. The molecule has 1 atom stereocenters. The normalized spacial score (nSPS) is 29.8.